The Labute approximate surface area is 124 Å². The Morgan fingerprint density at radius 2 is 2.05 bits per heavy atom. The summed E-state index contributed by atoms with van der Waals surface area (Å²) in [4.78, 5) is 23.2. The van der Waals surface area contributed by atoms with Crippen molar-refractivity contribution in [1.29, 1.82) is 0 Å². The minimum atomic E-state index is -0.544. The maximum atomic E-state index is 12.0. The molecule has 114 valence electrons. The molecule has 1 aliphatic rings. The minimum Gasteiger partial charge on any atom is -0.495 e. The summed E-state index contributed by atoms with van der Waals surface area (Å²) in [5.74, 6) is -0.215. The van der Waals surface area contributed by atoms with E-state index in [-0.39, 0.29) is 12.5 Å². The lowest BCUT2D eigenvalue weighted by Crippen LogP contribution is -2.34. The highest BCUT2D eigenvalue weighted by Crippen LogP contribution is 2.25. The molecule has 1 aromatic carbocycles. The fourth-order valence-electron chi connectivity index (χ4n) is 2.52. The average Bonchev–Trinajstić information content (AvgIpc) is 2.98. The van der Waals surface area contributed by atoms with E-state index in [0.29, 0.717) is 23.0 Å². The van der Waals surface area contributed by atoms with Crippen molar-refractivity contribution in [3.05, 3.63) is 23.8 Å². The van der Waals surface area contributed by atoms with Crippen LogP contribution in [0.25, 0.3) is 0 Å². The van der Waals surface area contributed by atoms with Crippen LogP contribution in [0.15, 0.2) is 18.2 Å². The summed E-state index contributed by atoms with van der Waals surface area (Å²) in [6.07, 6.45) is 4.67. The van der Waals surface area contributed by atoms with Crippen LogP contribution in [-0.2, 0) is 4.79 Å². The van der Waals surface area contributed by atoms with Gasteiger partial charge in [-0.3, -0.25) is 9.59 Å². The van der Waals surface area contributed by atoms with E-state index in [4.69, 9.17) is 10.5 Å². The topological polar surface area (TPSA) is 93.4 Å². The second-order valence-electron chi connectivity index (χ2n) is 5.19. The number of hydrogen-bond acceptors (Lipinski definition) is 4. The molecule has 2 amide bonds. The first-order valence-electron chi connectivity index (χ1n) is 7.11. The summed E-state index contributed by atoms with van der Waals surface area (Å²) in [5.41, 5.74) is 6.02. The molecule has 0 spiro atoms. The number of rotatable bonds is 6. The van der Waals surface area contributed by atoms with Gasteiger partial charge in [-0.25, -0.2) is 0 Å². The first-order chi connectivity index (χ1) is 10.1. The SMILES string of the molecule is COc1ccc(C(N)=O)cc1NC(=O)CNC1CCCC1. The summed E-state index contributed by atoms with van der Waals surface area (Å²) < 4.78 is 5.17. The van der Waals surface area contributed by atoms with Gasteiger partial charge >= 0.3 is 0 Å². The van der Waals surface area contributed by atoms with Crippen LogP contribution in [0.4, 0.5) is 5.69 Å². The van der Waals surface area contributed by atoms with Gasteiger partial charge in [0.2, 0.25) is 11.8 Å². The quantitative estimate of drug-likeness (QED) is 0.735. The lowest BCUT2D eigenvalue weighted by atomic mass is 10.1. The minimum absolute atomic E-state index is 0.165. The van der Waals surface area contributed by atoms with Crippen LogP contribution in [0, 0.1) is 0 Å². The predicted molar refractivity (Wildman–Crippen MR) is 80.4 cm³/mol. The monoisotopic (exact) mass is 291 g/mol. The normalized spacial score (nSPS) is 14.9. The van der Waals surface area contributed by atoms with Gasteiger partial charge in [-0.05, 0) is 31.0 Å². The molecule has 1 aliphatic carbocycles. The van der Waals surface area contributed by atoms with Gasteiger partial charge in [-0.2, -0.15) is 0 Å². The van der Waals surface area contributed by atoms with E-state index in [0.717, 1.165) is 12.8 Å². The number of methoxy groups -OCH3 is 1. The van der Waals surface area contributed by atoms with Gasteiger partial charge in [0, 0.05) is 11.6 Å². The van der Waals surface area contributed by atoms with Gasteiger partial charge in [0.25, 0.3) is 0 Å². The summed E-state index contributed by atoms with van der Waals surface area (Å²) >= 11 is 0. The maximum Gasteiger partial charge on any atom is 0.248 e. The molecule has 1 aromatic rings. The Hall–Kier alpha value is -2.08. The van der Waals surface area contributed by atoms with Gasteiger partial charge in [0.15, 0.2) is 0 Å². The number of hydrogen-bond donors (Lipinski definition) is 3. The molecule has 0 heterocycles. The standard InChI is InChI=1S/C15H21N3O3/c1-21-13-7-6-10(15(16)20)8-12(13)18-14(19)9-17-11-4-2-3-5-11/h6-8,11,17H,2-5,9H2,1H3,(H2,16,20)(H,18,19). The van der Waals surface area contributed by atoms with Crippen molar-refractivity contribution in [2.24, 2.45) is 5.73 Å². The van der Waals surface area contributed by atoms with E-state index in [1.54, 1.807) is 12.1 Å². The number of amides is 2. The van der Waals surface area contributed by atoms with E-state index >= 15 is 0 Å². The highest BCUT2D eigenvalue weighted by Gasteiger charge is 2.16. The molecular formula is C15H21N3O3. The molecule has 0 bridgehead atoms. The number of benzene rings is 1. The number of primary amides is 1. The van der Waals surface area contributed by atoms with Crippen LogP contribution >= 0.6 is 0 Å². The van der Waals surface area contributed by atoms with E-state index in [2.05, 4.69) is 10.6 Å². The molecule has 0 aromatic heterocycles. The molecule has 21 heavy (non-hydrogen) atoms. The molecule has 0 radical (unpaired) electrons. The third-order valence-corrected chi connectivity index (χ3v) is 3.66. The predicted octanol–water partition coefficient (Wildman–Crippen LogP) is 1.26. The molecule has 0 atom stereocenters. The Bertz CT molecular complexity index is 525. The Kier molecular flexibility index (Phi) is 5.16. The maximum absolute atomic E-state index is 12.0. The van der Waals surface area contributed by atoms with Crippen LogP contribution in [0.1, 0.15) is 36.0 Å². The molecule has 6 heteroatoms. The van der Waals surface area contributed by atoms with Crippen molar-refractivity contribution in [2.75, 3.05) is 19.0 Å². The van der Waals surface area contributed by atoms with Crippen molar-refractivity contribution >= 4 is 17.5 Å². The number of nitrogens with two attached hydrogens (primary N) is 1. The van der Waals surface area contributed by atoms with Crippen molar-refractivity contribution in [2.45, 2.75) is 31.7 Å². The zero-order chi connectivity index (χ0) is 15.2. The number of anilines is 1. The lowest BCUT2D eigenvalue weighted by molar-refractivity contribution is -0.115. The van der Waals surface area contributed by atoms with Crippen LogP contribution in [0.5, 0.6) is 5.75 Å². The molecule has 0 saturated heterocycles. The Morgan fingerprint density at radius 3 is 2.67 bits per heavy atom. The van der Waals surface area contributed by atoms with E-state index in [1.165, 1.54) is 26.0 Å². The zero-order valence-corrected chi connectivity index (χ0v) is 12.1. The highest BCUT2D eigenvalue weighted by molar-refractivity contribution is 5.98. The van der Waals surface area contributed by atoms with Gasteiger partial charge < -0.3 is 21.1 Å². The third kappa shape index (κ3) is 4.19. The zero-order valence-electron chi connectivity index (χ0n) is 12.1. The van der Waals surface area contributed by atoms with Crippen molar-refractivity contribution in [3.63, 3.8) is 0 Å². The summed E-state index contributed by atoms with van der Waals surface area (Å²) in [7, 11) is 1.51. The van der Waals surface area contributed by atoms with E-state index in [9.17, 15) is 9.59 Å². The summed E-state index contributed by atoms with van der Waals surface area (Å²) in [5, 5.41) is 5.98. The van der Waals surface area contributed by atoms with Crippen LogP contribution in [-0.4, -0.2) is 31.5 Å². The highest BCUT2D eigenvalue weighted by atomic mass is 16.5. The van der Waals surface area contributed by atoms with Crippen LogP contribution in [0.2, 0.25) is 0 Å². The van der Waals surface area contributed by atoms with Gasteiger partial charge in [-0.15, -0.1) is 0 Å². The fraction of sp³-hybridized carbons (Fsp3) is 0.467. The van der Waals surface area contributed by atoms with E-state index < -0.39 is 5.91 Å². The van der Waals surface area contributed by atoms with Crippen molar-refractivity contribution in [1.82, 2.24) is 5.32 Å². The average molecular weight is 291 g/mol. The Balaban J connectivity index is 1.97. The largest absolute Gasteiger partial charge is 0.495 e. The van der Waals surface area contributed by atoms with Gasteiger partial charge in [0.05, 0.1) is 19.3 Å². The molecule has 1 fully saturated rings. The molecule has 0 unspecified atom stereocenters. The second kappa shape index (κ2) is 7.08. The first kappa shape index (κ1) is 15.3. The molecule has 2 rings (SSSR count). The van der Waals surface area contributed by atoms with Gasteiger partial charge in [-0.1, -0.05) is 12.8 Å². The third-order valence-electron chi connectivity index (χ3n) is 3.66. The number of carbonyl (C=O) groups is 2. The number of carbonyl (C=O) groups excluding carboxylic acids is 2. The molecule has 1 saturated carbocycles. The number of ether oxygens (including phenoxy) is 1. The first-order valence-corrected chi connectivity index (χ1v) is 7.11. The Morgan fingerprint density at radius 1 is 1.33 bits per heavy atom. The fourth-order valence-corrected chi connectivity index (χ4v) is 2.52. The van der Waals surface area contributed by atoms with E-state index in [1.807, 2.05) is 0 Å². The number of nitrogens with one attached hydrogen (secondary N) is 2. The second-order valence-corrected chi connectivity index (χ2v) is 5.19. The van der Waals surface area contributed by atoms with Crippen molar-refractivity contribution < 1.29 is 14.3 Å². The lowest BCUT2D eigenvalue weighted by Gasteiger charge is -2.14. The summed E-state index contributed by atoms with van der Waals surface area (Å²) in [6, 6.07) is 5.12. The molecule has 6 nitrogen and oxygen atoms in total. The smallest absolute Gasteiger partial charge is 0.248 e. The van der Waals surface area contributed by atoms with Gasteiger partial charge in [0.1, 0.15) is 5.75 Å². The van der Waals surface area contributed by atoms with Crippen LogP contribution in [0.3, 0.4) is 0 Å². The molecule has 4 N–H and O–H groups in total. The van der Waals surface area contributed by atoms with Crippen molar-refractivity contribution in [3.8, 4) is 5.75 Å². The molecule has 0 aliphatic heterocycles. The molecular weight excluding hydrogens is 270 g/mol. The van der Waals surface area contributed by atoms with Crippen LogP contribution < -0.4 is 21.1 Å². The summed E-state index contributed by atoms with van der Waals surface area (Å²) in [6.45, 7) is 0.245.